The average molecular weight is 290 g/mol. The van der Waals surface area contributed by atoms with Crippen LogP contribution in [0.1, 0.15) is 91.4 Å². The lowest BCUT2D eigenvalue weighted by Gasteiger charge is -2.33. The lowest BCUT2D eigenvalue weighted by atomic mass is 9.76. The predicted molar refractivity (Wildman–Crippen MR) is 89.0 cm³/mol. The zero-order valence-electron chi connectivity index (χ0n) is 14.4. The van der Waals surface area contributed by atoms with Crippen LogP contribution in [0.2, 0.25) is 0 Å². The van der Waals surface area contributed by atoms with E-state index in [1.54, 1.807) is 0 Å². The van der Waals surface area contributed by atoms with Crippen LogP contribution < -0.4 is 5.32 Å². The zero-order chi connectivity index (χ0) is 15.3. The summed E-state index contributed by atoms with van der Waals surface area (Å²) in [6.07, 6.45) is 13.8. The van der Waals surface area contributed by atoms with Crippen molar-refractivity contribution in [2.45, 2.75) is 103 Å². The smallest absolute Gasteiger partial charge is 0.106 e. The third-order valence-electron chi connectivity index (χ3n) is 5.85. The predicted octanol–water partition coefficient (Wildman–Crippen LogP) is 5.19. The highest BCUT2D eigenvalue weighted by atomic mass is 15.0. The summed E-state index contributed by atoms with van der Waals surface area (Å²) in [4.78, 5) is 0. The highest BCUT2D eigenvalue weighted by Gasteiger charge is 2.37. The number of hydrogen-bond donors (Lipinski definition) is 1. The van der Waals surface area contributed by atoms with E-state index in [0.29, 0.717) is 11.5 Å². The van der Waals surface area contributed by atoms with Crippen molar-refractivity contribution < 1.29 is 0 Å². The molecule has 120 valence electrons. The number of rotatable bonds is 2. The Bertz CT molecular complexity index is 355. The molecule has 2 fully saturated rings. The second-order valence-corrected chi connectivity index (χ2v) is 8.52. The van der Waals surface area contributed by atoms with Crippen LogP contribution in [0, 0.1) is 22.7 Å². The van der Waals surface area contributed by atoms with Crippen LogP contribution in [-0.2, 0) is 0 Å². The lowest BCUT2D eigenvalue weighted by Crippen LogP contribution is -2.49. The van der Waals surface area contributed by atoms with Gasteiger partial charge < -0.3 is 0 Å². The molecule has 0 radical (unpaired) electrons. The summed E-state index contributed by atoms with van der Waals surface area (Å²) >= 11 is 0. The molecule has 2 nitrogen and oxygen atoms in total. The van der Waals surface area contributed by atoms with E-state index in [2.05, 4.69) is 32.2 Å². The van der Waals surface area contributed by atoms with Gasteiger partial charge in [-0.3, -0.25) is 5.32 Å². The summed E-state index contributed by atoms with van der Waals surface area (Å²) in [7, 11) is 0. The first kappa shape index (κ1) is 16.8. The second-order valence-electron chi connectivity index (χ2n) is 8.52. The molecule has 2 heteroatoms. The highest BCUT2D eigenvalue weighted by molar-refractivity contribution is 5.09. The monoisotopic (exact) mass is 290 g/mol. The minimum Gasteiger partial charge on any atom is -0.297 e. The van der Waals surface area contributed by atoms with Gasteiger partial charge in [-0.2, -0.15) is 5.26 Å². The first-order chi connectivity index (χ1) is 9.95. The number of nitrogens with one attached hydrogen (secondary N) is 1. The van der Waals surface area contributed by atoms with Gasteiger partial charge in [0.1, 0.15) is 5.54 Å². The summed E-state index contributed by atoms with van der Waals surface area (Å²) in [5.41, 5.74) is 0.142. The van der Waals surface area contributed by atoms with Crippen LogP contribution in [0.15, 0.2) is 0 Å². The Labute approximate surface area is 131 Å². The fourth-order valence-corrected chi connectivity index (χ4v) is 4.31. The minimum absolute atomic E-state index is 0.241. The van der Waals surface area contributed by atoms with Crippen LogP contribution >= 0.6 is 0 Å². The summed E-state index contributed by atoms with van der Waals surface area (Å²) in [5.74, 6) is 0.767. The van der Waals surface area contributed by atoms with Gasteiger partial charge in [0.15, 0.2) is 0 Å². The number of nitrogens with zero attached hydrogens (tertiary/aromatic N) is 1. The topological polar surface area (TPSA) is 35.8 Å². The van der Waals surface area contributed by atoms with Crippen LogP contribution in [-0.4, -0.2) is 11.6 Å². The van der Waals surface area contributed by atoms with Crippen molar-refractivity contribution in [2.24, 2.45) is 11.3 Å². The molecule has 0 spiro atoms. The van der Waals surface area contributed by atoms with E-state index in [1.165, 1.54) is 57.8 Å². The molecule has 0 aromatic rings. The molecule has 0 amide bonds. The molecular weight excluding hydrogens is 256 g/mol. The standard InChI is InChI=1S/C19H34N2/c1-18(2,3)16-9-8-13-19(15-20,14-12-16)21-17-10-6-4-5-7-11-17/h16-17,21H,4-14H2,1-3H3. The van der Waals surface area contributed by atoms with E-state index in [0.717, 1.165) is 18.8 Å². The minimum atomic E-state index is -0.241. The van der Waals surface area contributed by atoms with Crippen molar-refractivity contribution in [3.8, 4) is 6.07 Å². The largest absolute Gasteiger partial charge is 0.297 e. The summed E-state index contributed by atoms with van der Waals surface area (Å²) < 4.78 is 0. The molecular formula is C19H34N2. The maximum Gasteiger partial charge on any atom is 0.106 e. The third kappa shape index (κ3) is 4.71. The molecule has 2 saturated carbocycles. The van der Waals surface area contributed by atoms with Gasteiger partial charge in [0, 0.05) is 6.04 Å². The molecule has 2 atom stereocenters. The Morgan fingerprint density at radius 1 is 0.905 bits per heavy atom. The first-order valence-electron chi connectivity index (χ1n) is 9.14. The maximum atomic E-state index is 9.84. The van der Waals surface area contributed by atoms with Crippen molar-refractivity contribution in [2.75, 3.05) is 0 Å². The van der Waals surface area contributed by atoms with Crippen LogP contribution in [0.4, 0.5) is 0 Å². The SMILES string of the molecule is CC(C)(C)C1CCCC(C#N)(NC2CCCCCC2)CC1. The molecule has 0 aromatic carbocycles. The molecule has 2 aliphatic rings. The molecule has 0 aliphatic heterocycles. The van der Waals surface area contributed by atoms with Crippen LogP contribution in [0.3, 0.4) is 0 Å². The van der Waals surface area contributed by atoms with Crippen molar-refractivity contribution in [3.63, 3.8) is 0 Å². The fourth-order valence-electron chi connectivity index (χ4n) is 4.31. The molecule has 2 rings (SSSR count). The van der Waals surface area contributed by atoms with Crippen LogP contribution in [0.25, 0.3) is 0 Å². The first-order valence-corrected chi connectivity index (χ1v) is 9.14. The lowest BCUT2D eigenvalue weighted by molar-refractivity contribution is 0.209. The van der Waals surface area contributed by atoms with Crippen molar-refractivity contribution in [1.29, 1.82) is 5.26 Å². The Morgan fingerprint density at radius 2 is 1.57 bits per heavy atom. The Morgan fingerprint density at radius 3 is 2.14 bits per heavy atom. The van der Waals surface area contributed by atoms with Gasteiger partial charge in [-0.1, -0.05) is 52.9 Å². The van der Waals surface area contributed by atoms with Crippen molar-refractivity contribution >= 4 is 0 Å². The van der Waals surface area contributed by atoms with E-state index >= 15 is 0 Å². The quantitative estimate of drug-likeness (QED) is 0.711. The van der Waals surface area contributed by atoms with E-state index in [1.807, 2.05) is 0 Å². The fraction of sp³-hybridized carbons (Fsp3) is 0.947. The Balaban J connectivity index is 1.99. The molecule has 1 N–H and O–H groups in total. The Kier molecular flexibility index (Phi) is 5.72. The molecule has 2 unspecified atom stereocenters. The average Bonchev–Trinajstić information content (AvgIpc) is 2.80. The van der Waals surface area contributed by atoms with E-state index in [9.17, 15) is 5.26 Å². The molecule has 0 saturated heterocycles. The highest BCUT2D eigenvalue weighted by Crippen LogP contribution is 2.40. The third-order valence-corrected chi connectivity index (χ3v) is 5.85. The van der Waals surface area contributed by atoms with Crippen molar-refractivity contribution in [3.05, 3.63) is 0 Å². The van der Waals surface area contributed by atoms with Crippen molar-refractivity contribution in [1.82, 2.24) is 5.32 Å². The van der Waals surface area contributed by atoms with Gasteiger partial charge in [-0.05, 0) is 49.9 Å². The maximum absolute atomic E-state index is 9.84. The molecule has 0 heterocycles. The molecule has 0 aromatic heterocycles. The van der Waals surface area contributed by atoms with Gasteiger partial charge in [0.25, 0.3) is 0 Å². The van der Waals surface area contributed by atoms with Gasteiger partial charge in [-0.15, -0.1) is 0 Å². The number of nitriles is 1. The van der Waals surface area contributed by atoms with E-state index < -0.39 is 0 Å². The Hall–Kier alpha value is -0.550. The van der Waals surface area contributed by atoms with E-state index in [4.69, 9.17) is 0 Å². The summed E-state index contributed by atoms with van der Waals surface area (Å²) in [6.45, 7) is 7.07. The molecule has 0 bridgehead atoms. The van der Waals surface area contributed by atoms with Crippen LogP contribution in [0.5, 0.6) is 0 Å². The zero-order valence-corrected chi connectivity index (χ0v) is 14.4. The van der Waals surface area contributed by atoms with E-state index in [-0.39, 0.29) is 5.54 Å². The van der Waals surface area contributed by atoms with Gasteiger partial charge >= 0.3 is 0 Å². The van der Waals surface area contributed by atoms with Gasteiger partial charge in [0.2, 0.25) is 0 Å². The van der Waals surface area contributed by atoms with Gasteiger partial charge in [-0.25, -0.2) is 0 Å². The molecule has 2 aliphatic carbocycles. The normalized spacial score (nSPS) is 33.0. The summed E-state index contributed by atoms with van der Waals surface area (Å²) in [5, 5.41) is 13.7. The van der Waals surface area contributed by atoms with Gasteiger partial charge in [0.05, 0.1) is 6.07 Å². The number of hydrogen-bond acceptors (Lipinski definition) is 2. The molecule has 21 heavy (non-hydrogen) atoms. The summed E-state index contributed by atoms with van der Waals surface area (Å²) in [6, 6.07) is 3.27. The second kappa shape index (κ2) is 7.14.